The van der Waals surface area contributed by atoms with Crippen molar-refractivity contribution in [2.45, 2.75) is 6.18 Å². The van der Waals surface area contributed by atoms with E-state index in [9.17, 15) is 18.0 Å². The first-order valence-corrected chi connectivity index (χ1v) is 9.50. The third kappa shape index (κ3) is 4.51. The highest BCUT2D eigenvalue weighted by Gasteiger charge is 2.27. The number of urea groups is 1. The van der Waals surface area contributed by atoms with Gasteiger partial charge in [0.2, 0.25) is 0 Å². The summed E-state index contributed by atoms with van der Waals surface area (Å²) in [6.07, 6.45) is 0.822. The molecule has 4 aromatic rings. The van der Waals surface area contributed by atoms with Gasteiger partial charge >= 0.3 is 12.2 Å². The van der Waals surface area contributed by atoms with Crippen molar-refractivity contribution < 1.29 is 25.6 Å². The highest BCUT2D eigenvalue weighted by Crippen LogP contribution is 2.30. The van der Waals surface area contributed by atoms with Crippen LogP contribution < -0.4 is 15.4 Å². The minimum Gasteiger partial charge on any atom is -0.493 e. The first-order valence-electron chi connectivity index (χ1n) is 9.50. The van der Waals surface area contributed by atoms with Gasteiger partial charge in [0.05, 0.1) is 25.2 Å². The fraction of sp³-hybridized carbons (Fsp3) is 0.190. The molecule has 0 aliphatic heterocycles. The average Bonchev–Trinajstić information content (AvgIpc) is 3.34. The molecule has 0 aliphatic rings. The number of carbonyl (C=O) groups excluding carboxylic acids is 1. The number of methoxy groups -OCH3 is 1. The van der Waals surface area contributed by atoms with Crippen LogP contribution in [0.2, 0.25) is 0 Å². The van der Waals surface area contributed by atoms with Gasteiger partial charge in [-0.25, -0.2) is 9.78 Å². The Bertz CT molecular complexity index is 1290. The summed E-state index contributed by atoms with van der Waals surface area (Å²) < 4.78 is 45.7. The van der Waals surface area contributed by atoms with E-state index in [1.165, 1.54) is 0 Å². The number of fused-ring (bicyclic) bond motifs is 1. The molecule has 1 aromatic carbocycles. The number of amides is 2. The second-order valence-corrected chi connectivity index (χ2v) is 7.01. The molecular weight excluding hydrogens is 425 g/mol. The van der Waals surface area contributed by atoms with Gasteiger partial charge < -0.3 is 15.4 Å². The molecule has 0 fully saturated rings. The van der Waals surface area contributed by atoms with E-state index in [1.54, 1.807) is 47.7 Å². The zero-order valence-corrected chi connectivity index (χ0v) is 17.1. The van der Waals surface area contributed by atoms with Crippen molar-refractivity contribution in [3.63, 3.8) is 0 Å². The Morgan fingerprint density at radius 1 is 1.22 bits per heavy atom. The Morgan fingerprint density at radius 3 is 2.78 bits per heavy atom. The molecule has 3 aromatic heterocycles. The third-order valence-corrected chi connectivity index (χ3v) is 4.67. The minimum atomic E-state index is -4.48. The third-order valence-electron chi connectivity index (χ3n) is 4.67. The van der Waals surface area contributed by atoms with Gasteiger partial charge in [-0.05, 0) is 24.3 Å². The molecule has 0 spiro atoms. The first kappa shape index (κ1) is 21.2. The van der Waals surface area contributed by atoms with Crippen LogP contribution in [-0.4, -0.2) is 45.0 Å². The quantitative estimate of drug-likeness (QED) is 0.468. The van der Waals surface area contributed by atoms with E-state index in [2.05, 4.69) is 15.4 Å². The SMILES string of the molecule is COc1cn(C)nc1-c1ccn2c(-c3cccc(NC(=O)NCC(F)(F)F)c3)cnc2c1.[HH].[HH]. The molecule has 170 valence electrons. The molecule has 2 amide bonds. The fourth-order valence-corrected chi connectivity index (χ4v) is 3.27. The number of aromatic nitrogens is 4. The number of aryl methyl sites for hydroxylation is 1. The molecule has 11 heteroatoms. The van der Waals surface area contributed by atoms with E-state index in [4.69, 9.17) is 4.74 Å². The van der Waals surface area contributed by atoms with Crippen molar-refractivity contribution in [3.8, 4) is 28.3 Å². The standard InChI is InChI=1S/C21H19F3N6O2.2H2/c1-29-11-17(32-2)19(28-29)14-6-7-30-16(10-25-18(30)9-14)13-4-3-5-15(8-13)27-20(31)26-12-21(22,23)24;;/h3-11H,12H2,1-2H3,(H2,26,27,31);2*1H. The van der Waals surface area contributed by atoms with Crippen LogP contribution in [0.5, 0.6) is 5.75 Å². The Hall–Kier alpha value is -4.02. The molecule has 0 unspecified atom stereocenters. The first-order chi connectivity index (χ1) is 15.2. The summed E-state index contributed by atoms with van der Waals surface area (Å²) >= 11 is 0. The van der Waals surface area contributed by atoms with Gasteiger partial charge in [0.15, 0.2) is 5.75 Å². The lowest BCUT2D eigenvalue weighted by Crippen LogP contribution is -2.36. The smallest absolute Gasteiger partial charge is 0.405 e. The van der Waals surface area contributed by atoms with Crippen LogP contribution in [-0.2, 0) is 7.05 Å². The van der Waals surface area contributed by atoms with E-state index in [0.29, 0.717) is 22.8 Å². The lowest BCUT2D eigenvalue weighted by Gasteiger charge is -2.11. The van der Waals surface area contributed by atoms with Crippen molar-refractivity contribution in [2.75, 3.05) is 19.0 Å². The number of rotatable bonds is 5. The van der Waals surface area contributed by atoms with Gasteiger partial charge in [0, 0.05) is 32.9 Å². The number of alkyl halides is 3. The second-order valence-electron chi connectivity index (χ2n) is 7.01. The molecule has 0 saturated heterocycles. The van der Waals surface area contributed by atoms with Crippen LogP contribution >= 0.6 is 0 Å². The lowest BCUT2D eigenvalue weighted by atomic mass is 10.1. The van der Waals surface area contributed by atoms with Crippen molar-refractivity contribution in [2.24, 2.45) is 7.05 Å². The summed E-state index contributed by atoms with van der Waals surface area (Å²) in [6, 6.07) is 9.58. The minimum absolute atomic E-state index is 0. The number of imidazole rings is 1. The van der Waals surface area contributed by atoms with Crippen molar-refractivity contribution in [1.82, 2.24) is 24.5 Å². The van der Waals surface area contributed by atoms with Gasteiger partial charge in [-0.3, -0.25) is 9.08 Å². The molecule has 0 bridgehead atoms. The maximum atomic E-state index is 12.3. The number of nitrogens with zero attached hydrogens (tertiary/aromatic N) is 4. The number of ether oxygens (including phenoxy) is 1. The lowest BCUT2D eigenvalue weighted by molar-refractivity contribution is -0.122. The Kier molecular flexibility index (Phi) is 5.47. The summed E-state index contributed by atoms with van der Waals surface area (Å²) in [7, 11) is 3.39. The summed E-state index contributed by atoms with van der Waals surface area (Å²) in [5, 5.41) is 8.61. The number of carbonyl (C=O) groups is 1. The molecule has 0 radical (unpaired) electrons. The fourth-order valence-electron chi connectivity index (χ4n) is 3.27. The summed E-state index contributed by atoms with van der Waals surface area (Å²) in [6.45, 7) is -1.41. The maximum absolute atomic E-state index is 12.3. The Morgan fingerprint density at radius 2 is 2.03 bits per heavy atom. The molecular formula is C21H23F3N6O2. The molecule has 0 atom stereocenters. The van der Waals surface area contributed by atoms with E-state index in [0.717, 1.165) is 16.8 Å². The van der Waals surface area contributed by atoms with E-state index in [-0.39, 0.29) is 2.85 Å². The van der Waals surface area contributed by atoms with Gasteiger partial charge in [0.25, 0.3) is 0 Å². The molecule has 2 N–H and O–H groups in total. The van der Waals surface area contributed by atoms with Crippen LogP contribution in [0.1, 0.15) is 2.85 Å². The second kappa shape index (κ2) is 8.25. The monoisotopic (exact) mass is 448 g/mol. The van der Waals surface area contributed by atoms with Crippen LogP contribution in [0.15, 0.2) is 55.0 Å². The largest absolute Gasteiger partial charge is 0.493 e. The topological polar surface area (TPSA) is 85.5 Å². The van der Waals surface area contributed by atoms with Gasteiger partial charge in [-0.1, -0.05) is 12.1 Å². The van der Waals surface area contributed by atoms with Gasteiger partial charge in [-0.15, -0.1) is 0 Å². The molecule has 32 heavy (non-hydrogen) atoms. The van der Waals surface area contributed by atoms with Crippen LogP contribution in [0.3, 0.4) is 0 Å². The van der Waals surface area contributed by atoms with Crippen molar-refractivity contribution in [1.29, 1.82) is 0 Å². The number of halogens is 3. The van der Waals surface area contributed by atoms with E-state index >= 15 is 0 Å². The van der Waals surface area contributed by atoms with Crippen molar-refractivity contribution >= 4 is 17.4 Å². The number of hydrogen-bond acceptors (Lipinski definition) is 4. The zero-order valence-electron chi connectivity index (χ0n) is 17.1. The number of nitrogens with one attached hydrogen (secondary N) is 2. The highest BCUT2D eigenvalue weighted by molar-refractivity contribution is 5.90. The van der Waals surface area contributed by atoms with Crippen LogP contribution in [0, 0.1) is 0 Å². The summed E-state index contributed by atoms with van der Waals surface area (Å²) in [5.74, 6) is 0.645. The predicted molar refractivity (Wildman–Crippen MR) is 117 cm³/mol. The molecule has 0 saturated carbocycles. The van der Waals surface area contributed by atoms with Crippen molar-refractivity contribution in [3.05, 3.63) is 55.0 Å². The van der Waals surface area contributed by atoms with Crippen LogP contribution in [0.4, 0.5) is 23.7 Å². The Labute approximate surface area is 183 Å². The highest BCUT2D eigenvalue weighted by atomic mass is 19.4. The number of benzene rings is 1. The summed E-state index contributed by atoms with van der Waals surface area (Å²) in [5.41, 5.74) is 4.04. The van der Waals surface area contributed by atoms with Crippen LogP contribution in [0.25, 0.3) is 28.2 Å². The normalized spacial score (nSPS) is 11.5. The number of anilines is 1. The Balaban J connectivity index is 0.00000204. The predicted octanol–water partition coefficient (Wildman–Crippen LogP) is 4.59. The summed E-state index contributed by atoms with van der Waals surface area (Å²) in [4.78, 5) is 16.2. The molecule has 4 rings (SSSR count). The molecule has 3 heterocycles. The number of pyridine rings is 1. The maximum Gasteiger partial charge on any atom is 0.405 e. The average molecular weight is 448 g/mol. The number of hydrogen-bond donors (Lipinski definition) is 2. The van der Waals surface area contributed by atoms with E-state index < -0.39 is 18.8 Å². The van der Waals surface area contributed by atoms with E-state index in [1.807, 2.05) is 35.8 Å². The zero-order chi connectivity index (χ0) is 22.9. The molecule has 8 nitrogen and oxygen atoms in total. The molecule has 0 aliphatic carbocycles. The van der Waals surface area contributed by atoms with Gasteiger partial charge in [0.1, 0.15) is 17.9 Å². The van der Waals surface area contributed by atoms with Gasteiger partial charge in [-0.2, -0.15) is 18.3 Å².